The van der Waals surface area contributed by atoms with Crippen molar-refractivity contribution in [2.45, 2.75) is 12.0 Å². The summed E-state index contributed by atoms with van der Waals surface area (Å²) in [7, 11) is 1.94. The lowest BCUT2D eigenvalue weighted by Gasteiger charge is -2.40. The number of aliphatic imine (C=N–C) groups is 1. The smallest absolute Gasteiger partial charge is 0.282 e. The summed E-state index contributed by atoms with van der Waals surface area (Å²) in [6.07, 6.45) is 4.11. The molecule has 0 N–H and O–H groups in total. The molecule has 2 aromatic carbocycles. The molecule has 10 heteroatoms. The molecule has 2 fully saturated rings. The molecule has 3 aliphatic heterocycles. The quantitative estimate of drug-likeness (QED) is 0.398. The van der Waals surface area contributed by atoms with E-state index in [-0.39, 0.29) is 17.7 Å². The molecule has 9 nitrogen and oxygen atoms in total. The third kappa shape index (κ3) is 3.74. The Morgan fingerprint density at radius 1 is 1.13 bits per heavy atom. The van der Waals surface area contributed by atoms with Crippen LogP contribution >= 0.6 is 11.3 Å². The van der Waals surface area contributed by atoms with Crippen LogP contribution in [-0.2, 0) is 16.6 Å². The minimum atomic E-state index is -0.834. The summed E-state index contributed by atoms with van der Waals surface area (Å²) in [5, 5.41) is 7.75. The third-order valence-corrected chi connectivity index (χ3v) is 8.50. The van der Waals surface area contributed by atoms with Crippen molar-refractivity contribution in [2.75, 3.05) is 32.8 Å². The lowest BCUT2D eigenvalue weighted by molar-refractivity contribution is -0.132. The normalized spacial score (nSPS) is 21.5. The molecule has 7 rings (SSSR count). The van der Waals surface area contributed by atoms with Crippen LogP contribution in [0, 0.1) is 5.92 Å². The Labute approximate surface area is 223 Å². The highest BCUT2D eigenvalue weighted by Gasteiger charge is 2.52. The van der Waals surface area contributed by atoms with Crippen LogP contribution in [0.5, 0.6) is 0 Å². The molecule has 2 amide bonds. The van der Waals surface area contributed by atoms with Gasteiger partial charge in [-0.05, 0) is 23.3 Å². The number of aromatic nitrogens is 3. The van der Waals surface area contributed by atoms with Crippen LogP contribution in [-0.4, -0.2) is 80.6 Å². The number of thiazole rings is 1. The van der Waals surface area contributed by atoms with E-state index in [1.807, 2.05) is 40.3 Å². The maximum Gasteiger partial charge on any atom is 0.282 e. The molecule has 1 unspecified atom stereocenters. The number of hydrogen-bond acceptors (Lipinski definition) is 7. The number of aryl methyl sites for hydroxylation is 1. The van der Waals surface area contributed by atoms with E-state index in [1.54, 1.807) is 11.1 Å². The van der Waals surface area contributed by atoms with Crippen molar-refractivity contribution < 1.29 is 14.3 Å². The van der Waals surface area contributed by atoms with E-state index in [1.165, 1.54) is 11.3 Å². The van der Waals surface area contributed by atoms with Gasteiger partial charge in [-0.3, -0.25) is 19.2 Å². The highest BCUT2D eigenvalue weighted by Crippen LogP contribution is 2.35. The van der Waals surface area contributed by atoms with Gasteiger partial charge in [0, 0.05) is 68.2 Å². The Morgan fingerprint density at radius 3 is 2.66 bits per heavy atom. The maximum atomic E-state index is 13.6. The molecule has 4 aromatic rings. The summed E-state index contributed by atoms with van der Waals surface area (Å²) >= 11 is 1.35. The van der Waals surface area contributed by atoms with Gasteiger partial charge in [0.1, 0.15) is 5.84 Å². The number of likely N-dealkylation sites (tertiary alicyclic amines) is 1. The minimum absolute atomic E-state index is 0.000746. The van der Waals surface area contributed by atoms with Crippen molar-refractivity contribution in [3.05, 3.63) is 70.8 Å². The number of ether oxygens (including phenoxy) is 1. The number of hydrogen-bond donors (Lipinski definition) is 0. The molecular formula is C28H26N6O3S. The van der Waals surface area contributed by atoms with Crippen LogP contribution in [0.4, 0.5) is 0 Å². The lowest BCUT2D eigenvalue weighted by atomic mass is 9.96. The van der Waals surface area contributed by atoms with E-state index in [0.717, 1.165) is 27.6 Å². The molecule has 5 heterocycles. The number of amides is 2. The van der Waals surface area contributed by atoms with E-state index in [4.69, 9.17) is 9.73 Å². The summed E-state index contributed by atoms with van der Waals surface area (Å²) in [4.78, 5) is 39.0. The van der Waals surface area contributed by atoms with Crippen LogP contribution in [0.25, 0.3) is 22.0 Å². The SMILES string of the molecule is Cn1ncc2cc(-c3ccc(C4=NC5(CCOC5)C(=O)N4CC4CN(C(=O)c5nccs5)C4)cc3)ccc21. The molecule has 2 saturated heterocycles. The molecule has 38 heavy (non-hydrogen) atoms. The Kier molecular flexibility index (Phi) is 5.41. The topological polar surface area (TPSA) is 92.9 Å². The third-order valence-electron chi connectivity index (χ3n) is 7.74. The van der Waals surface area contributed by atoms with E-state index < -0.39 is 5.54 Å². The highest BCUT2D eigenvalue weighted by atomic mass is 32.1. The first-order valence-corrected chi connectivity index (χ1v) is 13.6. The van der Waals surface area contributed by atoms with Crippen LogP contribution in [0.15, 0.2) is 65.2 Å². The molecule has 2 aromatic heterocycles. The van der Waals surface area contributed by atoms with E-state index >= 15 is 0 Å². The summed E-state index contributed by atoms with van der Waals surface area (Å²) in [6, 6.07) is 14.5. The predicted molar refractivity (Wildman–Crippen MR) is 144 cm³/mol. The van der Waals surface area contributed by atoms with Gasteiger partial charge in [0.2, 0.25) is 0 Å². The molecule has 0 aliphatic carbocycles. The molecular weight excluding hydrogens is 500 g/mol. The largest absolute Gasteiger partial charge is 0.378 e. The molecule has 0 saturated carbocycles. The average Bonchev–Trinajstić information content (AvgIpc) is 3.72. The number of nitrogens with zero attached hydrogens (tertiary/aromatic N) is 6. The zero-order chi connectivity index (χ0) is 25.9. The maximum absolute atomic E-state index is 13.6. The second-order valence-electron chi connectivity index (χ2n) is 10.2. The fraction of sp³-hybridized carbons (Fsp3) is 0.321. The number of rotatable bonds is 5. The minimum Gasteiger partial charge on any atom is -0.378 e. The van der Waals surface area contributed by atoms with E-state index in [2.05, 4.69) is 40.4 Å². The Balaban J connectivity index is 1.12. The van der Waals surface area contributed by atoms with E-state index in [0.29, 0.717) is 50.1 Å². The first kappa shape index (κ1) is 23.2. The summed E-state index contributed by atoms with van der Waals surface area (Å²) in [6.45, 7) is 2.59. The second kappa shape index (κ2) is 8.85. The summed E-state index contributed by atoms with van der Waals surface area (Å²) in [5.74, 6) is 0.842. The Bertz CT molecular complexity index is 1560. The van der Waals surface area contributed by atoms with Gasteiger partial charge in [0.15, 0.2) is 10.5 Å². The summed E-state index contributed by atoms with van der Waals surface area (Å²) in [5.41, 5.74) is 3.36. The first-order valence-electron chi connectivity index (χ1n) is 12.7. The van der Waals surface area contributed by atoms with Gasteiger partial charge >= 0.3 is 0 Å². The molecule has 192 valence electrons. The number of carbonyl (C=O) groups excluding carboxylic acids is 2. The number of benzene rings is 2. The Morgan fingerprint density at radius 2 is 1.92 bits per heavy atom. The molecule has 1 spiro atoms. The van der Waals surface area contributed by atoms with Gasteiger partial charge in [-0.2, -0.15) is 5.10 Å². The van der Waals surface area contributed by atoms with Crippen molar-refractivity contribution in [1.82, 2.24) is 24.6 Å². The highest BCUT2D eigenvalue weighted by molar-refractivity contribution is 7.11. The standard InChI is InChI=1S/C28H26N6O3S/c1-32-23-7-6-21(12-22(23)13-30-32)19-2-4-20(5-3-19)24-31-28(8-10-37-17-28)27(36)34(24)16-18-14-33(15-18)26(35)25-29-9-11-38-25/h2-7,9,11-13,18H,8,10,14-17H2,1H3. The van der Waals surface area contributed by atoms with Gasteiger partial charge in [-0.1, -0.05) is 30.3 Å². The van der Waals surface area contributed by atoms with Crippen LogP contribution in [0.2, 0.25) is 0 Å². The van der Waals surface area contributed by atoms with Crippen molar-refractivity contribution in [3.63, 3.8) is 0 Å². The van der Waals surface area contributed by atoms with Gasteiger partial charge in [-0.15, -0.1) is 11.3 Å². The van der Waals surface area contributed by atoms with Crippen molar-refractivity contribution in [2.24, 2.45) is 18.0 Å². The molecule has 1 atom stereocenters. The lowest BCUT2D eigenvalue weighted by Crippen LogP contribution is -2.55. The fourth-order valence-electron chi connectivity index (χ4n) is 5.59. The molecule has 3 aliphatic rings. The van der Waals surface area contributed by atoms with Crippen molar-refractivity contribution in [1.29, 1.82) is 0 Å². The van der Waals surface area contributed by atoms with Crippen LogP contribution in [0.3, 0.4) is 0 Å². The van der Waals surface area contributed by atoms with Crippen molar-refractivity contribution in [3.8, 4) is 11.1 Å². The average molecular weight is 527 g/mol. The van der Waals surface area contributed by atoms with Crippen molar-refractivity contribution >= 4 is 39.9 Å². The van der Waals surface area contributed by atoms with Gasteiger partial charge in [0.05, 0.1) is 18.3 Å². The van der Waals surface area contributed by atoms with Crippen LogP contribution in [0.1, 0.15) is 21.8 Å². The van der Waals surface area contributed by atoms with E-state index in [9.17, 15) is 9.59 Å². The molecule has 0 bridgehead atoms. The second-order valence-corrected chi connectivity index (χ2v) is 11.1. The van der Waals surface area contributed by atoms with Gasteiger partial charge < -0.3 is 9.64 Å². The fourth-order valence-corrected chi connectivity index (χ4v) is 6.19. The first-order chi connectivity index (χ1) is 18.5. The zero-order valence-electron chi connectivity index (χ0n) is 20.9. The summed E-state index contributed by atoms with van der Waals surface area (Å²) < 4.78 is 7.48. The number of amidine groups is 1. The Hall–Kier alpha value is -3.89. The van der Waals surface area contributed by atoms with Crippen LogP contribution < -0.4 is 0 Å². The van der Waals surface area contributed by atoms with Gasteiger partial charge in [0.25, 0.3) is 11.8 Å². The van der Waals surface area contributed by atoms with Gasteiger partial charge in [-0.25, -0.2) is 9.98 Å². The monoisotopic (exact) mass is 526 g/mol. The zero-order valence-corrected chi connectivity index (χ0v) is 21.7. The molecule has 0 radical (unpaired) electrons. The predicted octanol–water partition coefficient (Wildman–Crippen LogP) is 3.22. The number of carbonyl (C=O) groups is 2. The number of fused-ring (bicyclic) bond motifs is 1.